The summed E-state index contributed by atoms with van der Waals surface area (Å²) in [6, 6.07) is 9.48. The smallest absolute Gasteiger partial charge is 0.260 e. The van der Waals surface area contributed by atoms with Gasteiger partial charge in [-0.25, -0.2) is 0 Å². The van der Waals surface area contributed by atoms with E-state index in [1.165, 1.54) is 0 Å². The monoisotopic (exact) mass is 246 g/mol. The van der Waals surface area contributed by atoms with Crippen molar-refractivity contribution < 1.29 is 9.53 Å². The lowest BCUT2D eigenvalue weighted by Crippen LogP contribution is -2.72. The first kappa shape index (κ1) is 11.5. The number of benzene rings is 1. The highest BCUT2D eigenvalue weighted by atomic mass is 16.5. The highest BCUT2D eigenvalue weighted by Gasteiger charge is 2.51. The minimum absolute atomic E-state index is 0.0963. The molecular formula is C14H18N2O2. The molecule has 0 saturated carbocycles. The van der Waals surface area contributed by atoms with Gasteiger partial charge in [0.15, 0.2) is 6.61 Å². The van der Waals surface area contributed by atoms with E-state index in [0.717, 1.165) is 31.9 Å². The van der Waals surface area contributed by atoms with Gasteiger partial charge in [-0.05, 0) is 19.2 Å². The number of rotatable bonds is 3. The number of hydrogen-bond donors (Lipinski definition) is 0. The average Bonchev–Trinajstić information content (AvgIpc) is 2.30. The van der Waals surface area contributed by atoms with Crippen molar-refractivity contribution in [1.29, 1.82) is 0 Å². The number of amides is 1. The fourth-order valence-electron chi connectivity index (χ4n) is 2.99. The first-order valence-electron chi connectivity index (χ1n) is 6.31. The number of carbonyl (C=O) groups excluding carboxylic acids is 1. The van der Waals surface area contributed by atoms with Gasteiger partial charge in [0.05, 0.1) is 0 Å². The van der Waals surface area contributed by atoms with Crippen molar-refractivity contribution in [3.63, 3.8) is 0 Å². The summed E-state index contributed by atoms with van der Waals surface area (Å²) < 4.78 is 5.46. The zero-order valence-electron chi connectivity index (χ0n) is 10.6. The molecular weight excluding hydrogens is 228 g/mol. The Morgan fingerprint density at radius 2 is 1.89 bits per heavy atom. The SMILES string of the molecule is CN1CC2(C1)CN(C(=O)COc1ccccc1)C2. The minimum atomic E-state index is 0.0963. The maximum atomic E-state index is 11.9. The van der Waals surface area contributed by atoms with E-state index < -0.39 is 0 Å². The molecule has 1 spiro atoms. The Kier molecular flexibility index (Phi) is 2.74. The zero-order valence-corrected chi connectivity index (χ0v) is 10.6. The van der Waals surface area contributed by atoms with Gasteiger partial charge in [0.25, 0.3) is 5.91 Å². The second-order valence-electron chi connectivity index (χ2n) is 5.52. The molecule has 2 heterocycles. The van der Waals surface area contributed by atoms with E-state index in [4.69, 9.17) is 4.74 Å². The van der Waals surface area contributed by atoms with Gasteiger partial charge < -0.3 is 14.5 Å². The van der Waals surface area contributed by atoms with Crippen LogP contribution in [-0.2, 0) is 4.79 Å². The fraction of sp³-hybridized carbons (Fsp3) is 0.500. The molecule has 4 heteroatoms. The minimum Gasteiger partial charge on any atom is -0.484 e. The second kappa shape index (κ2) is 4.28. The van der Waals surface area contributed by atoms with Crippen LogP contribution in [0.1, 0.15) is 0 Å². The lowest BCUT2D eigenvalue weighted by Gasteiger charge is -2.59. The largest absolute Gasteiger partial charge is 0.484 e. The second-order valence-corrected chi connectivity index (χ2v) is 5.52. The average molecular weight is 246 g/mol. The molecule has 1 amide bonds. The van der Waals surface area contributed by atoms with E-state index >= 15 is 0 Å². The van der Waals surface area contributed by atoms with Crippen LogP contribution in [0.4, 0.5) is 0 Å². The van der Waals surface area contributed by atoms with Crippen molar-refractivity contribution in [2.75, 3.05) is 39.8 Å². The molecule has 2 aliphatic heterocycles. The number of nitrogens with zero attached hydrogens (tertiary/aromatic N) is 2. The lowest BCUT2D eigenvalue weighted by atomic mass is 9.73. The van der Waals surface area contributed by atoms with Crippen molar-refractivity contribution in [1.82, 2.24) is 9.80 Å². The predicted octanol–water partition coefficient (Wildman–Crippen LogP) is 0.839. The third kappa shape index (κ3) is 2.08. The van der Waals surface area contributed by atoms with Gasteiger partial charge >= 0.3 is 0 Å². The van der Waals surface area contributed by atoms with Crippen LogP contribution in [0.2, 0.25) is 0 Å². The van der Waals surface area contributed by atoms with Gasteiger partial charge in [0, 0.05) is 31.6 Å². The van der Waals surface area contributed by atoms with Crippen LogP contribution in [0.5, 0.6) is 5.75 Å². The van der Waals surface area contributed by atoms with Crippen LogP contribution >= 0.6 is 0 Å². The molecule has 0 aromatic heterocycles. The van der Waals surface area contributed by atoms with Crippen molar-refractivity contribution >= 4 is 5.91 Å². The number of likely N-dealkylation sites (tertiary alicyclic amines) is 2. The summed E-state index contributed by atoms with van der Waals surface area (Å²) in [5, 5.41) is 0. The van der Waals surface area contributed by atoms with Gasteiger partial charge in [0.1, 0.15) is 5.75 Å². The number of para-hydroxylation sites is 1. The van der Waals surface area contributed by atoms with Crippen LogP contribution in [0.15, 0.2) is 30.3 Å². The van der Waals surface area contributed by atoms with E-state index in [1.807, 2.05) is 35.2 Å². The van der Waals surface area contributed by atoms with Crippen LogP contribution in [-0.4, -0.2) is 55.5 Å². The molecule has 0 atom stereocenters. The van der Waals surface area contributed by atoms with Gasteiger partial charge in [-0.1, -0.05) is 18.2 Å². The highest BCUT2D eigenvalue weighted by molar-refractivity contribution is 5.79. The molecule has 2 fully saturated rings. The number of ether oxygens (including phenoxy) is 1. The van der Waals surface area contributed by atoms with E-state index in [9.17, 15) is 4.79 Å². The molecule has 3 rings (SSSR count). The first-order valence-corrected chi connectivity index (χ1v) is 6.31. The summed E-state index contributed by atoms with van der Waals surface area (Å²) in [7, 11) is 2.12. The Bertz CT molecular complexity index is 432. The Morgan fingerprint density at radius 1 is 1.22 bits per heavy atom. The zero-order chi connectivity index (χ0) is 12.6. The highest BCUT2D eigenvalue weighted by Crippen LogP contribution is 2.38. The van der Waals surface area contributed by atoms with Crippen molar-refractivity contribution in [2.45, 2.75) is 0 Å². The van der Waals surface area contributed by atoms with E-state index in [0.29, 0.717) is 5.41 Å². The van der Waals surface area contributed by atoms with Crippen molar-refractivity contribution in [3.05, 3.63) is 30.3 Å². The summed E-state index contributed by atoms with van der Waals surface area (Å²) in [6.45, 7) is 4.19. The molecule has 0 radical (unpaired) electrons. The molecule has 2 aliphatic rings. The maximum Gasteiger partial charge on any atom is 0.260 e. The van der Waals surface area contributed by atoms with Gasteiger partial charge in [-0.2, -0.15) is 0 Å². The Balaban J connectivity index is 1.44. The Hall–Kier alpha value is -1.55. The molecule has 1 aromatic rings. The van der Waals surface area contributed by atoms with Crippen molar-refractivity contribution in [3.8, 4) is 5.75 Å². The first-order chi connectivity index (χ1) is 8.67. The summed E-state index contributed by atoms with van der Waals surface area (Å²) >= 11 is 0. The van der Waals surface area contributed by atoms with E-state index in [-0.39, 0.29) is 12.5 Å². The van der Waals surface area contributed by atoms with Gasteiger partial charge in [-0.15, -0.1) is 0 Å². The molecule has 1 aromatic carbocycles. The van der Waals surface area contributed by atoms with Crippen LogP contribution < -0.4 is 4.74 Å². The van der Waals surface area contributed by atoms with Gasteiger partial charge in [-0.3, -0.25) is 4.79 Å². The molecule has 96 valence electrons. The number of hydrogen-bond acceptors (Lipinski definition) is 3. The van der Waals surface area contributed by atoms with E-state index in [2.05, 4.69) is 11.9 Å². The predicted molar refractivity (Wildman–Crippen MR) is 68.4 cm³/mol. The topological polar surface area (TPSA) is 32.8 Å². The maximum absolute atomic E-state index is 11.9. The van der Waals surface area contributed by atoms with Crippen LogP contribution in [0.25, 0.3) is 0 Å². The standard InChI is InChI=1S/C14H18N2O2/c1-15-8-14(9-15)10-16(11-14)13(17)7-18-12-5-3-2-4-6-12/h2-6H,7-11H2,1H3. The van der Waals surface area contributed by atoms with Crippen molar-refractivity contribution in [2.24, 2.45) is 5.41 Å². The molecule has 4 nitrogen and oxygen atoms in total. The van der Waals surface area contributed by atoms with Crippen LogP contribution in [0.3, 0.4) is 0 Å². The summed E-state index contributed by atoms with van der Waals surface area (Å²) in [5.41, 5.74) is 0.400. The van der Waals surface area contributed by atoms with Gasteiger partial charge in [0.2, 0.25) is 0 Å². The van der Waals surface area contributed by atoms with E-state index in [1.54, 1.807) is 0 Å². The molecule has 0 N–H and O–H groups in total. The molecule has 0 unspecified atom stereocenters. The lowest BCUT2D eigenvalue weighted by molar-refractivity contribution is -0.158. The Morgan fingerprint density at radius 3 is 2.50 bits per heavy atom. The summed E-state index contributed by atoms with van der Waals surface area (Å²) in [6.07, 6.45) is 0. The third-order valence-electron chi connectivity index (χ3n) is 3.72. The molecule has 2 saturated heterocycles. The molecule has 18 heavy (non-hydrogen) atoms. The quantitative estimate of drug-likeness (QED) is 0.792. The third-order valence-corrected chi connectivity index (χ3v) is 3.72. The molecule has 0 aliphatic carbocycles. The van der Waals surface area contributed by atoms with Crippen LogP contribution in [0, 0.1) is 5.41 Å². The fourth-order valence-corrected chi connectivity index (χ4v) is 2.99. The molecule has 0 bridgehead atoms. The normalized spacial score (nSPS) is 21.3. The number of carbonyl (C=O) groups is 1. The summed E-state index contributed by atoms with van der Waals surface area (Å²) in [5.74, 6) is 0.850. The Labute approximate surface area is 107 Å². The summed E-state index contributed by atoms with van der Waals surface area (Å²) in [4.78, 5) is 16.1.